The molecule has 0 amide bonds. The molecule has 1 heterocycles. The molecule has 0 radical (unpaired) electrons. The van der Waals surface area contributed by atoms with Crippen molar-refractivity contribution in [3.8, 4) is 34.1 Å². The topological polar surface area (TPSA) is 64.7 Å². The molecule has 1 N–H and O–H groups in total. The van der Waals surface area contributed by atoms with E-state index in [0.717, 1.165) is 10.0 Å². The molecule has 124 valence electrons. The number of hydrogen-bond donors (Lipinski definition) is 1. The molecule has 3 aromatic rings. The molecule has 0 bridgehead atoms. The number of benzene rings is 2. The average Bonchev–Trinajstić information content (AvgIpc) is 3.04. The lowest BCUT2D eigenvalue weighted by Gasteiger charge is -2.11. The van der Waals surface area contributed by atoms with Crippen LogP contribution in [0.3, 0.4) is 0 Å². The first-order chi connectivity index (χ1) is 11.7. The number of aromatic nitrogens is 1. The zero-order valence-corrected chi connectivity index (χ0v) is 14.8. The van der Waals surface area contributed by atoms with E-state index in [2.05, 4.69) is 21.1 Å². The van der Waals surface area contributed by atoms with Crippen molar-refractivity contribution in [1.29, 1.82) is 0 Å². The van der Waals surface area contributed by atoms with Crippen molar-refractivity contribution in [1.82, 2.24) is 5.16 Å². The molecule has 6 heteroatoms. The summed E-state index contributed by atoms with van der Waals surface area (Å²) in [6.45, 7) is -0.225. The summed E-state index contributed by atoms with van der Waals surface area (Å²) in [6, 6.07) is 13.1. The minimum absolute atomic E-state index is 0.225. The molecule has 1 aromatic heterocycles. The monoisotopic (exact) mass is 389 g/mol. The van der Waals surface area contributed by atoms with E-state index in [1.807, 2.05) is 30.3 Å². The molecule has 0 aliphatic heterocycles. The Hall–Kier alpha value is -2.31. The predicted molar refractivity (Wildman–Crippen MR) is 94.1 cm³/mol. The van der Waals surface area contributed by atoms with Crippen LogP contribution in [0, 0.1) is 0 Å². The second-order valence-electron chi connectivity index (χ2n) is 5.01. The zero-order chi connectivity index (χ0) is 17.1. The van der Waals surface area contributed by atoms with Gasteiger partial charge >= 0.3 is 0 Å². The maximum atomic E-state index is 9.93. The van der Waals surface area contributed by atoms with Crippen molar-refractivity contribution in [2.45, 2.75) is 6.61 Å². The van der Waals surface area contributed by atoms with Gasteiger partial charge in [0.1, 0.15) is 22.8 Å². The molecule has 24 heavy (non-hydrogen) atoms. The number of aliphatic hydroxyl groups is 1. The van der Waals surface area contributed by atoms with Crippen LogP contribution in [0.1, 0.15) is 5.56 Å². The number of aliphatic hydroxyl groups excluding tert-OH is 1. The van der Waals surface area contributed by atoms with E-state index in [1.165, 1.54) is 0 Å². The average molecular weight is 390 g/mol. The summed E-state index contributed by atoms with van der Waals surface area (Å²) in [7, 11) is 3.14. The SMILES string of the molecule is COc1cccc(OC)c1-c1onc(-c2ccccc2Br)c1CO. The second-order valence-corrected chi connectivity index (χ2v) is 5.87. The second kappa shape index (κ2) is 7.07. The summed E-state index contributed by atoms with van der Waals surface area (Å²) in [5.41, 5.74) is 2.61. The summed E-state index contributed by atoms with van der Waals surface area (Å²) in [4.78, 5) is 0. The van der Waals surface area contributed by atoms with E-state index in [-0.39, 0.29) is 6.61 Å². The van der Waals surface area contributed by atoms with Crippen molar-refractivity contribution in [3.05, 3.63) is 52.5 Å². The standard InChI is InChI=1S/C18H16BrNO4/c1-22-14-8-5-9-15(23-2)16(14)18-12(10-21)17(20-24-18)11-6-3-4-7-13(11)19/h3-9,21H,10H2,1-2H3. The number of rotatable bonds is 5. The Kier molecular flexibility index (Phi) is 4.87. The van der Waals surface area contributed by atoms with Crippen LogP contribution in [0.15, 0.2) is 51.5 Å². The minimum atomic E-state index is -0.225. The van der Waals surface area contributed by atoms with Gasteiger partial charge in [-0.15, -0.1) is 0 Å². The molecule has 0 saturated heterocycles. The molecule has 0 aliphatic rings. The lowest BCUT2D eigenvalue weighted by atomic mass is 10.0. The molecule has 0 spiro atoms. The van der Waals surface area contributed by atoms with Gasteiger partial charge in [0, 0.05) is 10.0 Å². The fourth-order valence-electron chi connectivity index (χ4n) is 2.59. The molecule has 2 aromatic carbocycles. The fraction of sp³-hybridized carbons (Fsp3) is 0.167. The van der Waals surface area contributed by atoms with Crippen LogP contribution in [-0.4, -0.2) is 24.5 Å². The third-order valence-electron chi connectivity index (χ3n) is 3.73. The Morgan fingerprint density at radius 1 is 1.04 bits per heavy atom. The van der Waals surface area contributed by atoms with Gasteiger partial charge in [0.15, 0.2) is 5.76 Å². The highest BCUT2D eigenvalue weighted by Crippen LogP contribution is 2.43. The Bertz CT molecular complexity index is 838. The van der Waals surface area contributed by atoms with E-state index in [0.29, 0.717) is 34.1 Å². The summed E-state index contributed by atoms with van der Waals surface area (Å²) < 4.78 is 17.3. The Labute approximate surface area is 147 Å². The van der Waals surface area contributed by atoms with Crippen molar-refractivity contribution in [2.75, 3.05) is 14.2 Å². The molecule has 0 saturated carbocycles. The van der Waals surface area contributed by atoms with Crippen LogP contribution >= 0.6 is 15.9 Å². The first-order valence-electron chi connectivity index (χ1n) is 7.27. The summed E-state index contributed by atoms with van der Waals surface area (Å²) in [5.74, 6) is 1.59. The summed E-state index contributed by atoms with van der Waals surface area (Å²) in [5, 5.41) is 14.1. The van der Waals surface area contributed by atoms with E-state index in [9.17, 15) is 5.11 Å². The van der Waals surface area contributed by atoms with E-state index in [1.54, 1.807) is 26.4 Å². The van der Waals surface area contributed by atoms with E-state index >= 15 is 0 Å². The largest absolute Gasteiger partial charge is 0.496 e. The van der Waals surface area contributed by atoms with Gasteiger partial charge < -0.3 is 19.1 Å². The molecular weight excluding hydrogens is 374 g/mol. The van der Waals surface area contributed by atoms with Crippen LogP contribution in [-0.2, 0) is 6.61 Å². The summed E-state index contributed by atoms with van der Waals surface area (Å²) >= 11 is 3.51. The van der Waals surface area contributed by atoms with Crippen LogP contribution in [0.2, 0.25) is 0 Å². The van der Waals surface area contributed by atoms with Crippen LogP contribution in [0.4, 0.5) is 0 Å². The van der Waals surface area contributed by atoms with Crippen LogP contribution in [0.5, 0.6) is 11.5 Å². The number of nitrogens with zero attached hydrogens (tertiary/aromatic N) is 1. The first kappa shape index (κ1) is 16.5. The molecule has 0 unspecified atom stereocenters. The maximum Gasteiger partial charge on any atom is 0.180 e. The van der Waals surface area contributed by atoms with Gasteiger partial charge in [0.2, 0.25) is 0 Å². The van der Waals surface area contributed by atoms with Crippen LogP contribution < -0.4 is 9.47 Å². The normalized spacial score (nSPS) is 10.7. The van der Waals surface area contributed by atoms with Gasteiger partial charge in [-0.1, -0.05) is 45.4 Å². The molecule has 5 nitrogen and oxygen atoms in total. The number of halogens is 1. The van der Waals surface area contributed by atoms with Gasteiger partial charge in [-0.2, -0.15) is 0 Å². The van der Waals surface area contributed by atoms with Crippen LogP contribution in [0.25, 0.3) is 22.6 Å². The van der Waals surface area contributed by atoms with Gasteiger partial charge in [-0.05, 0) is 18.2 Å². The lowest BCUT2D eigenvalue weighted by Crippen LogP contribution is -1.95. The highest BCUT2D eigenvalue weighted by atomic mass is 79.9. The highest BCUT2D eigenvalue weighted by Gasteiger charge is 2.24. The predicted octanol–water partition coefficient (Wildman–Crippen LogP) is 4.28. The maximum absolute atomic E-state index is 9.93. The fourth-order valence-corrected chi connectivity index (χ4v) is 3.06. The van der Waals surface area contributed by atoms with Crippen molar-refractivity contribution >= 4 is 15.9 Å². The molecule has 0 aliphatic carbocycles. The molecule has 0 fully saturated rings. The van der Waals surface area contributed by atoms with Crippen molar-refractivity contribution in [3.63, 3.8) is 0 Å². The van der Waals surface area contributed by atoms with E-state index < -0.39 is 0 Å². The Morgan fingerprint density at radius 3 is 2.29 bits per heavy atom. The van der Waals surface area contributed by atoms with Gasteiger partial charge in [0.05, 0.1) is 26.4 Å². The minimum Gasteiger partial charge on any atom is -0.496 e. The van der Waals surface area contributed by atoms with Crippen molar-refractivity contribution in [2.24, 2.45) is 0 Å². The summed E-state index contributed by atoms with van der Waals surface area (Å²) in [6.07, 6.45) is 0. The third kappa shape index (κ3) is 2.79. The smallest absolute Gasteiger partial charge is 0.180 e. The Balaban J connectivity index is 2.24. The quantitative estimate of drug-likeness (QED) is 0.705. The molecule has 0 atom stereocenters. The van der Waals surface area contributed by atoms with Gasteiger partial charge in [0.25, 0.3) is 0 Å². The van der Waals surface area contributed by atoms with Gasteiger partial charge in [-0.25, -0.2) is 0 Å². The van der Waals surface area contributed by atoms with E-state index in [4.69, 9.17) is 14.0 Å². The molecule has 3 rings (SSSR count). The lowest BCUT2D eigenvalue weighted by molar-refractivity contribution is 0.281. The Morgan fingerprint density at radius 2 is 1.71 bits per heavy atom. The first-order valence-corrected chi connectivity index (χ1v) is 8.06. The number of methoxy groups -OCH3 is 2. The third-order valence-corrected chi connectivity index (χ3v) is 4.42. The highest BCUT2D eigenvalue weighted by molar-refractivity contribution is 9.10. The zero-order valence-electron chi connectivity index (χ0n) is 13.2. The number of hydrogen-bond acceptors (Lipinski definition) is 5. The number of ether oxygens (including phenoxy) is 2. The van der Waals surface area contributed by atoms with Crippen molar-refractivity contribution < 1.29 is 19.1 Å². The van der Waals surface area contributed by atoms with Gasteiger partial charge in [-0.3, -0.25) is 0 Å². The molecular formula is C18H16BrNO4.